The van der Waals surface area contributed by atoms with Crippen molar-refractivity contribution < 1.29 is 4.90 Å². The summed E-state index contributed by atoms with van der Waals surface area (Å²) in [6.07, 6.45) is 6.08. The van der Waals surface area contributed by atoms with Crippen molar-refractivity contribution in [3.63, 3.8) is 0 Å². The molecule has 0 aromatic rings. The third-order valence-corrected chi connectivity index (χ3v) is 3.15. The monoisotopic (exact) mass is 126 g/mol. The molecule has 0 spiro atoms. The predicted octanol–water partition coefficient (Wildman–Crippen LogP) is 0.0735. The van der Waals surface area contributed by atoms with Gasteiger partial charge in [-0.3, -0.25) is 0 Å². The van der Waals surface area contributed by atoms with Crippen molar-refractivity contribution >= 4 is 0 Å². The van der Waals surface area contributed by atoms with Gasteiger partial charge in [0, 0.05) is 5.92 Å². The molecule has 1 nitrogen and oxygen atoms in total. The Morgan fingerprint density at radius 2 is 1.78 bits per heavy atom. The van der Waals surface area contributed by atoms with Gasteiger partial charge in [-0.25, -0.2) is 0 Å². The van der Waals surface area contributed by atoms with Gasteiger partial charge in [0.1, 0.15) is 0 Å². The van der Waals surface area contributed by atoms with Crippen molar-refractivity contribution in [3.8, 4) is 0 Å². The molecule has 52 valence electrons. The van der Waals surface area contributed by atoms with Crippen LogP contribution in [0.15, 0.2) is 0 Å². The predicted molar refractivity (Wildman–Crippen MR) is 37.5 cm³/mol. The summed E-state index contributed by atoms with van der Waals surface area (Å²) in [5.74, 6) is 1.09. The topological polar surface area (TPSA) is 4.44 Å². The van der Waals surface area contributed by atoms with Crippen molar-refractivity contribution in [2.75, 3.05) is 13.6 Å². The largest absolute Gasteiger partial charge is 0.335 e. The molecule has 1 N–H and O–H groups in total. The van der Waals surface area contributed by atoms with Gasteiger partial charge in [0.25, 0.3) is 0 Å². The van der Waals surface area contributed by atoms with E-state index in [1.165, 1.54) is 32.2 Å². The van der Waals surface area contributed by atoms with Crippen LogP contribution in [0.1, 0.15) is 25.7 Å². The summed E-state index contributed by atoms with van der Waals surface area (Å²) in [7, 11) is 2.36. The molecule has 0 aromatic carbocycles. The van der Waals surface area contributed by atoms with Gasteiger partial charge in [-0.2, -0.15) is 0 Å². The van der Waals surface area contributed by atoms with Crippen molar-refractivity contribution in [1.82, 2.24) is 0 Å². The van der Waals surface area contributed by atoms with Gasteiger partial charge >= 0.3 is 0 Å². The lowest BCUT2D eigenvalue weighted by atomic mass is 9.80. The minimum Gasteiger partial charge on any atom is -0.335 e. The SMILES string of the molecule is C[NH+]1CC2CCC1CC2. The number of fused-ring (bicyclic) bond motifs is 3. The van der Waals surface area contributed by atoms with Crippen molar-refractivity contribution in [3.05, 3.63) is 0 Å². The average Bonchev–Trinajstić information content (AvgIpc) is 1.90. The Morgan fingerprint density at radius 1 is 1.11 bits per heavy atom. The summed E-state index contributed by atoms with van der Waals surface area (Å²) in [5.41, 5.74) is 0. The average molecular weight is 126 g/mol. The molecule has 3 rings (SSSR count). The molecule has 3 fully saturated rings. The van der Waals surface area contributed by atoms with Crippen LogP contribution in [0.5, 0.6) is 0 Å². The van der Waals surface area contributed by atoms with E-state index in [0.29, 0.717) is 0 Å². The Kier molecular flexibility index (Phi) is 1.26. The van der Waals surface area contributed by atoms with Crippen LogP contribution in [0, 0.1) is 5.92 Å². The summed E-state index contributed by atoms with van der Waals surface area (Å²) in [6, 6.07) is 1.04. The van der Waals surface area contributed by atoms with Crippen LogP contribution < -0.4 is 4.90 Å². The van der Waals surface area contributed by atoms with Crippen LogP contribution in [0.2, 0.25) is 0 Å². The minimum absolute atomic E-state index is 1.04. The van der Waals surface area contributed by atoms with Crippen LogP contribution in [-0.2, 0) is 0 Å². The molecule has 2 saturated heterocycles. The molecule has 3 aliphatic rings. The standard InChI is InChI=1S/C8H15N/c1-9-6-7-2-4-8(9)5-3-7/h7-8H,2-6H2,1H3/p+1. The van der Waals surface area contributed by atoms with E-state index in [4.69, 9.17) is 0 Å². The molecule has 9 heavy (non-hydrogen) atoms. The minimum atomic E-state index is 1.04. The van der Waals surface area contributed by atoms with Gasteiger partial charge < -0.3 is 4.90 Å². The van der Waals surface area contributed by atoms with E-state index in [1.807, 2.05) is 0 Å². The maximum Gasteiger partial charge on any atom is 0.0872 e. The smallest absolute Gasteiger partial charge is 0.0872 e. The Labute approximate surface area is 57.0 Å². The number of hydrogen-bond donors (Lipinski definition) is 1. The van der Waals surface area contributed by atoms with E-state index in [9.17, 15) is 0 Å². The molecule has 2 heterocycles. The van der Waals surface area contributed by atoms with Crippen molar-refractivity contribution in [2.24, 2.45) is 5.92 Å². The molecule has 1 aliphatic carbocycles. The van der Waals surface area contributed by atoms with E-state index in [-0.39, 0.29) is 0 Å². The summed E-state index contributed by atoms with van der Waals surface area (Å²) in [4.78, 5) is 1.80. The fourth-order valence-electron chi connectivity index (χ4n) is 2.48. The zero-order valence-electron chi connectivity index (χ0n) is 6.19. The van der Waals surface area contributed by atoms with Crippen LogP contribution >= 0.6 is 0 Å². The second-order valence-electron chi connectivity index (χ2n) is 3.77. The lowest BCUT2D eigenvalue weighted by molar-refractivity contribution is -0.921. The number of rotatable bonds is 0. The molecule has 1 heteroatoms. The van der Waals surface area contributed by atoms with E-state index >= 15 is 0 Å². The number of quaternary nitrogens is 1. The summed E-state index contributed by atoms with van der Waals surface area (Å²) in [6.45, 7) is 1.46. The molecule has 1 atom stereocenters. The van der Waals surface area contributed by atoms with Gasteiger partial charge in [0.2, 0.25) is 0 Å². The molecule has 0 aromatic heterocycles. The Balaban J connectivity index is 2.06. The fourth-order valence-corrected chi connectivity index (χ4v) is 2.48. The maximum absolute atomic E-state index is 2.36. The highest BCUT2D eigenvalue weighted by Gasteiger charge is 2.34. The highest BCUT2D eigenvalue weighted by molar-refractivity contribution is 4.75. The molecule has 1 saturated carbocycles. The van der Waals surface area contributed by atoms with Crippen LogP contribution in [-0.4, -0.2) is 19.6 Å². The first kappa shape index (κ1) is 5.72. The molecule has 0 radical (unpaired) electrons. The Morgan fingerprint density at radius 3 is 2.00 bits per heavy atom. The zero-order chi connectivity index (χ0) is 6.27. The van der Waals surface area contributed by atoms with E-state index in [0.717, 1.165) is 12.0 Å². The van der Waals surface area contributed by atoms with Crippen molar-refractivity contribution in [2.45, 2.75) is 31.7 Å². The van der Waals surface area contributed by atoms with Gasteiger partial charge in [-0.15, -0.1) is 0 Å². The Bertz CT molecular complexity index is 103. The normalized spacial score (nSPS) is 49.7. The Hall–Kier alpha value is -0.0400. The molecule has 2 bridgehead atoms. The maximum atomic E-state index is 2.36. The highest BCUT2D eigenvalue weighted by Crippen LogP contribution is 2.25. The summed E-state index contributed by atoms with van der Waals surface area (Å²) < 4.78 is 0. The third-order valence-electron chi connectivity index (χ3n) is 3.15. The molecular weight excluding hydrogens is 110 g/mol. The first-order valence-electron chi connectivity index (χ1n) is 4.18. The molecule has 2 aliphatic heterocycles. The number of nitrogens with one attached hydrogen (secondary N) is 1. The van der Waals surface area contributed by atoms with Crippen LogP contribution in [0.25, 0.3) is 0 Å². The van der Waals surface area contributed by atoms with Gasteiger partial charge in [-0.05, 0) is 25.7 Å². The first-order valence-corrected chi connectivity index (χ1v) is 4.18. The second-order valence-corrected chi connectivity index (χ2v) is 3.77. The zero-order valence-corrected chi connectivity index (χ0v) is 6.19. The summed E-state index contributed by atoms with van der Waals surface area (Å²) >= 11 is 0. The quantitative estimate of drug-likeness (QED) is 0.468. The highest BCUT2D eigenvalue weighted by atomic mass is 15.1. The van der Waals surface area contributed by atoms with E-state index < -0.39 is 0 Å². The lowest BCUT2D eigenvalue weighted by Gasteiger charge is -2.40. The lowest BCUT2D eigenvalue weighted by Crippen LogP contribution is -3.15. The van der Waals surface area contributed by atoms with Gasteiger partial charge in [0.05, 0.1) is 19.6 Å². The van der Waals surface area contributed by atoms with E-state index in [1.54, 1.807) is 4.90 Å². The summed E-state index contributed by atoms with van der Waals surface area (Å²) in [5, 5.41) is 0. The number of piperidine rings is 2. The molecule has 1 unspecified atom stereocenters. The first-order chi connectivity index (χ1) is 4.36. The van der Waals surface area contributed by atoms with E-state index in [2.05, 4.69) is 7.05 Å². The molecular formula is C8H16N+. The van der Waals surface area contributed by atoms with Crippen LogP contribution in [0.4, 0.5) is 0 Å². The molecule has 0 amide bonds. The van der Waals surface area contributed by atoms with Gasteiger partial charge in [-0.1, -0.05) is 0 Å². The van der Waals surface area contributed by atoms with Crippen molar-refractivity contribution in [1.29, 1.82) is 0 Å². The fraction of sp³-hybridized carbons (Fsp3) is 1.00. The van der Waals surface area contributed by atoms with Gasteiger partial charge in [0.15, 0.2) is 0 Å². The second kappa shape index (κ2) is 1.98. The van der Waals surface area contributed by atoms with Crippen LogP contribution in [0.3, 0.4) is 0 Å². The third kappa shape index (κ3) is 0.877. The number of hydrogen-bond acceptors (Lipinski definition) is 0.